The highest BCUT2D eigenvalue weighted by Gasteiger charge is 2.39. The summed E-state index contributed by atoms with van der Waals surface area (Å²) < 4.78 is 33.1. The zero-order valence-electron chi connectivity index (χ0n) is 35.4. The highest BCUT2D eigenvalue weighted by Crippen LogP contribution is 2.49. The lowest BCUT2D eigenvalue weighted by Crippen LogP contribution is -2.28. The molecule has 2 atom stereocenters. The topological polar surface area (TPSA) is 180 Å². The number of carbonyl (C=O) groups is 2. The third-order valence-corrected chi connectivity index (χ3v) is 12.5. The van der Waals surface area contributed by atoms with Gasteiger partial charge in [0.25, 0.3) is 11.8 Å². The fraction of sp³-hybridized carbons (Fsp3) is 0.208. The Kier molecular flexibility index (Phi) is 10.7. The maximum atomic E-state index is 15.5. The highest BCUT2D eigenvalue weighted by atomic mass is 35.5. The molecule has 2 aromatic carbocycles. The number of pyridine rings is 4. The Morgan fingerprint density at radius 1 is 0.712 bits per heavy atom. The molecule has 2 aliphatic carbocycles. The Labute approximate surface area is 383 Å². The highest BCUT2D eigenvalue weighted by molar-refractivity contribution is 6.31. The van der Waals surface area contributed by atoms with Gasteiger partial charge in [-0.05, 0) is 142 Å². The Hall–Kier alpha value is -7.30. The fourth-order valence-corrected chi connectivity index (χ4v) is 8.44. The largest absolute Gasteiger partial charge is 0.319 e. The lowest BCUT2D eigenvalue weighted by molar-refractivity contribution is 0.101. The van der Waals surface area contributed by atoms with Gasteiger partial charge in [0, 0.05) is 39.2 Å². The quantitative estimate of drug-likeness (QED) is 0.135. The first-order valence-corrected chi connectivity index (χ1v) is 21.8. The molecule has 2 N–H and O–H groups in total. The molecule has 0 bridgehead atoms. The summed E-state index contributed by atoms with van der Waals surface area (Å²) >= 11 is 12.1. The number of carbonyl (C=O) groups excluding carboxylic acids is 2. The number of nitrogens with one attached hydrogen (secondary N) is 2. The fourth-order valence-electron chi connectivity index (χ4n) is 8.12. The number of rotatable bonds is 10. The van der Waals surface area contributed by atoms with Gasteiger partial charge < -0.3 is 10.6 Å². The van der Waals surface area contributed by atoms with Crippen LogP contribution in [0.15, 0.2) is 94.9 Å². The molecule has 0 aliphatic heterocycles. The van der Waals surface area contributed by atoms with Gasteiger partial charge in [0.15, 0.2) is 11.4 Å². The molecule has 2 fully saturated rings. The van der Waals surface area contributed by atoms with Crippen molar-refractivity contribution in [1.82, 2.24) is 39.5 Å². The van der Waals surface area contributed by atoms with E-state index in [0.29, 0.717) is 40.7 Å². The summed E-state index contributed by atoms with van der Waals surface area (Å²) in [5.74, 6) is -2.64. The number of aromatic nitrogens is 8. The van der Waals surface area contributed by atoms with Crippen molar-refractivity contribution in [2.45, 2.75) is 58.3 Å². The van der Waals surface area contributed by atoms with Crippen molar-refractivity contribution in [3.63, 3.8) is 0 Å². The second kappa shape index (κ2) is 16.6. The molecule has 0 saturated heterocycles. The van der Waals surface area contributed by atoms with Gasteiger partial charge in [0.2, 0.25) is 10.9 Å². The first kappa shape index (κ1) is 42.6. The van der Waals surface area contributed by atoms with Gasteiger partial charge in [-0.15, -0.1) is 0 Å². The molecule has 0 spiro atoms. The summed E-state index contributed by atoms with van der Waals surface area (Å²) in [7, 11) is 0. The molecule has 18 heteroatoms. The molecule has 10 rings (SSSR count). The third kappa shape index (κ3) is 8.06. The lowest BCUT2D eigenvalue weighted by atomic mass is 10.0. The van der Waals surface area contributed by atoms with Crippen LogP contribution in [-0.2, 0) is 6.42 Å². The second-order valence-electron chi connectivity index (χ2n) is 16.7. The first-order chi connectivity index (χ1) is 31.7. The van der Waals surface area contributed by atoms with Gasteiger partial charge in [-0.25, -0.2) is 28.1 Å². The number of hydrogen-bond donors (Lipinski definition) is 2. The van der Waals surface area contributed by atoms with Crippen LogP contribution in [0.4, 0.5) is 20.2 Å². The van der Waals surface area contributed by atoms with Crippen LogP contribution in [0.1, 0.15) is 85.8 Å². The van der Waals surface area contributed by atoms with E-state index in [0.717, 1.165) is 48.2 Å². The van der Waals surface area contributed by atoms with Gasteiger partial charge in [0.1, 0.15) is 34.0 Å². The second-order valence-corrected chi connectivity index (χ2v) is 17.6. The minimum atomic E-state index is -0.845. The number of fused-ring (bicyclic) bond motifs is 2. The number of nitrogens with zero attached hydrogens (tertiary/aromatic N) is 8. The molecule has 2 saturated carbocycles. The maximum Gasteiger partial charge on any atom is 0.280 e. The van der Waals surface area contributed by atoms with Crippen LogP contribution in [0.25, 0.3) is 33.4 Å². The minimum Gasteiger partial charge on any atom is -0.319 e. The third-order valence-electron chi connectivity index (χ3n) is 12.0. The molecule has 66 heavy (non-hydrogen) atoms. The zero-order chi connectivity index (χ0) is 46.1. The summed E-state index contributed by atoms with van der Waals surface area (Å²) in [6, 6.07) is 16.7. The van der Waals surface area contributed by atoms with Crippen LogP contribution in [0, 0.1) is 38.3 Å². The average molecular weight is 926 g/mol. The van der Waals surface area contributed by atoms with Crippen molar-refractivity contribution in [1.29, 1.82) is 0 Å². The van der Waals surface area contributed by atoms with Crippen LogP contribution in [0.3, 0.4) is 0 Å². The van der Waals surface area contributed by atoms with Crippen molar-refractivity contribution >= 4 is 68.5 Å². The van der Waals surface area contributed by atoms with Crippen molar-refractivity contribution in [2.24, 2.45) is 5.92 Å². The summed E-state index contributed by atoms with van der Waals surface area (Å²) in [5.41, 5.74) is 2.75. The Bertz CT molecular complexity index is 3490. The summed E-state index contributed by atoms with van der Waals surface area (Å²) in [6.07, 6.45) is 7.94. The van der Waals surface area contributed by atoms with E-state index in [1.54, 1.807) is 44.3 Å². The standard InChI is InChI=1S/C48H36Cl2F2N10O4/c1-22-12-39-41(55-24(22)3)45(63)43(59-61(39)37-10-6-28(49)17-33(37)51)48(66)57-31-14-27(19-53-20-31)32-15-26(32)16-36-23(2)13-40-42(58-36)46(64)44(60-62(40)38-11-7-29(50)18-34(38)52)47(65)56-30-8-9-35(54-21-30)25-4-5-25/h6-14,17-21,25-26,32H,4-5,15-16H2,1-3H3,(H,56,65)(H,57,66). The predicted octanol–water partition coefficient (Wildman–Crippen LogP) is 8.90. The Morgan fingerprint density at radius 3 is 1.88 bits per heavy atom. The Balaban J connectivity index is 0.928. The van der Waals surface area contributed by atoms with E-state index in [9.17, 15) is 19.2 Å². The number of anilines is 2. The molecule has 6 heterocycles. The molecular formula is C48H36Cl2F2N10O4. The molecule has 14 nitrogen and oxygen atoms in total. The van der Waals surface area contributed by atoms with Gasteiger partial charge in [0.05, 0.1) is 34.8 Å². The molecule has 6 aromatic heterocycles. The molecule has 8 aromatic rings. The first-order valence-electron chi connectivity index (χ1n) is 21.0. The number of hydrogen-bond acceptors (Lipinski definition) is 10. The van der Waals surface area contributed by atoms with E-state index in [4.69, 9.17) is 28.2 Å². The molecule has 2 aliphatic rings. The summed E-state index contributed by atoms with van der Waals surface area (Å²) in [4.78, 5) is 73.5. The molecule has 330 valence electrons. The van der Waals surface area contributed by atoms with Crippen LogP contribution in [0.5, 0.6) is 0 Å². The van der Waals surface area contributed by atoms with Crippen LogP contribution in [-0.4, -0.2) is 51.3 Å². The van der Waals surface area contributed by atoms with Gasteiger partial charge in [-0.2, -0.15) is 10.2 Å². The normalized spacial score (nSPS) is 15.6. The van der Waals surface area contributed by atoms with Crippen LogP contribution in [0.2, 0.25) is 10.0 Å². The minimum absolute atomic E-state index is 0.0101. The summed E-state index contributed by atoms with van der Waals surface area (Å²) in [6.45, 7) is 5.36. The van der Waals surface area contributed by atoms with E-state index in [-0.39, 0.29) is 55.3 Å². The zero-order valence-corrected chi connectivity index (χ0v) is 36.9. The van der Waals surface area contributed by atoms with Crippen molar-refractivity contribution in [3.8, 4) is 11.4 Å². The molecule has 0 radical (unpaired) electrons. The summed E-state index contributed by atoms with van der Waals surface area (Å²) in [5, 5.41) is 14.5. The number of benzene rings is 2. The van der Waals surface area contributed by atoms with Gasteiger partial charge in [-0.3, -0.25) is 29.1 Å². The van der Waals surface area contributed by atoms with Crippen LogP contribution >= 0.6 is 23.2 Å². The molecule has 2 unspecified atom stereocenters. The van der Waals surface area contributed by atoms with Gasteiger partial charge >= 0.3 is 0 Å². The average Bonchev–Trinajstić information content (AvgIpc) is 4.23. The molecule has 2 amide bonds. The predicted molar refractivity (Wildman–Crippen MR) is 245 cm³/mol. The number of halogens is 4. The molecular weight excluding hydrogens is 889 g/mol. The number of amides is 2. The van der Waals surface area contributed by atoms with Crippen LogP contribution < -0.4 is 21.5 Å². The van der Waals surface area contributed by atoms with E-state index in [2.05, 4.69) is 35.8 Å². The van der Waals surface area contributed by atoms with Crippen molar-refractivity contribution < 1.29 is 18.4 Å². The van der Waals surface area contributed by atoms with Crippen molar-refractivity contribution in [3.05, 3.63) is 173 Å². The lowest BCUT2D eigenvalue weighted by Gasteiger charge is -2.15. The van der Waals surface area contributed by atoms with Gasteiger partial charge in [-0.1, -0.05) is 23.2 Å². The monoisotopic (exact) mass is 924 g/mol. The van der Waals surface area contributed by atoms with E-state index < -0.39 is 45.7 Å². The number of aryl methyl sites for hydroxylation is 3. The SMILES string of the molecule is Cc1cc2c(nc1C)c(=O)c(C(=O)Nc1cncc(C3CC3Cc3nc4c(=O)c(C(=O)Nc5ccc(C6CC6)nc5)nn(-c5ccc(Cl)cc5F)c4cc3C)c1)nn2-c1ccc(Cl)cc1F. The smallest absolute Gasteiger partial charge is 0.280 e. The van der Waals surface area contributed by atoms with Crippen molar-refractivity contribution in [2.75, 3.05) is 10.6 Å². The van der Waals surface area contributed by atoms with E-state index >= 15 is 8.78 Å². The maximum absolute atomic E-state index is 15.5. The van der Waals surface area contributed by atoms with E-state index in [1.807, 2.05) is 13.0 Å². The Morgan fingerprint density at radius 2 is 1.30 bits per heavy atom. The van der Waals surface area contributed by atoms with E-state index in [1.165, 1.54) is 46.0 Å².